The van der Waals surface area contributed by atoms with E-state index in [1.807, 2.05) is 0 Å². The van der Waals surface area contributed by atoms with Crippen LogP contribution >= 0.6 is 24.0 Å². The van der Waals surface area contributed by atoms with Gasteiger partial charge < -0.3 is 14.8 Å². The number of aromatic nitrogens is 3. The highest BCUT2D eigenvalue weighted by Gasteiger charge is 2.20. The summed E-state index contributed by atoms with van der Waals surface area (Å²) < 4.78 is 2.09. The van der Waals surface area contributed by atoms with Gasteiger partial charge >= 0.3 is 0 Å². The van der Waals surface area contributed by atoms with E-state index in [-0.39, 0.29) is 24.0 Å². The van der Waals surface area contributed by atoms with E-state index >= 15 is 0 Å². The van der Waals surface area contributed by atoms with Crippen molar-refractivity contribution in [3.05, 3.63) is 12.2 Å². The Bertz CT molecular complexity index is 507. The van der Waals surface area contributed by atoms with Crippen LogP contribution in [0.4, 0.5) is 0 Å². The third-order valence-corrected chi connectivity index (χ3v) is 4.98. The number of nitrogens with one attached hydrogen (secondary N) is 1. The van der Waals surface area contributed by atoms with Crippen LogP contribution in [0.2, 0.25) is 0 Å². The molecule has 1 fully saturated rings. The Labute approximate surface area is 169 Å². The largest absolute Gasteiger partial charge is 0.357 e. The van der Waals surface area contributed by atoms with Crippen LogP contribution < -0.4 is 5.32 Å². The van der Waals surface area contributed by atoms with Crippen molar-refractivity contribution in [1.29, 1.82) is 0 Å². The third-order valence-electron chi connectivity index (χ3n) is 4.98. The van der Waals surface area contributed by atoms with Crippen LogP contribution in [-0.4, -0.2) is 52.3 Å². The standard InChI is InChI=1S/C18H34N6.HI/c1-5-17-22-21-14-24(17)12-11-20-18(19-6-2)23(4)13-16-9-7-15(3)8-10-16;/h14-16H,5-13H2,1-4H3,(H,19,20);1H. The zero-order valence-corrected chi connectivity index (χ0v) is 18.6. The van der Waals surface area contributed by atoms with Crippen molar-refractivity contribution in [3.63, 3.8) is 0 Å². The first-order valence-corrected chi connectivity index (χ1v) is 9.50. The summed E-state index contributed by atoms with van der Waals surface area (Å²) in [6.45, 7) is 10.2. The number of aliphatic imine (C=N–C) groups is 1. The Morgan fingerprint density at radius 1 is 1.32 bits per heavy atom. The maximum absolute atomic E-state index is 4.80. The first-order valence-electron chi connectivity index (χ1n) is 9.50. The third kappa shape index (κ3) is 7.11. The predicted octanol–water partition coefficient (Wildman–Crippen LogP) is 3.18. The van der Waals surface area contributed by atoms with Gasteiger partial charge in [0.15, 0.2) is 5.96 Å². The maximum atomic E-state index is 4.80. The Balaban J connectivity index is 0.00000312. The molecule has 0 spiro atoms. The van der Waals surface area contributed by atoms with Crippen molar-refractivity contribution < 1.29 is 0 Å². The molecule has 6 nitrogen and oxygen atoms in total. The molecule has 0 saturated heterocycles. The molecular formula is C18H35IN6. The minimum atomic E-state index is 0. The van der Waals surface area contributed by atoms with E-state index in [1.54, 1.807) is 6.33 Å². The quantitative estimate of drug-likeness (QED) is 0.384. The van der Waals surface area contributed by atoms with Crippen molar-refractivity contribution in [2.24, 2.45) is 16.8 Å². The van der Waals surface area contributed by atoms with Crippen molar-refractivity contribution >= 4 is 29.9 Å². The number of nitrogens with zero attached hydrogens (tertiary/aromatic N) is 5. The van der Waals surface area contributed by atoms with Gasteiger partial charge in [-0.2, -0.15) is 0 Å². The smallest absolute Gasteiger partial charge is 0.193 e. The Morgan fingerprint density at radius 3 is 2.68 bits per heavy atom. The van der Waals surface area contributed by atoms with Crippen LogP contribution in [0.25, 0.3) is 0 Å². The molecule has 2 rings (SSSR count). The monoisotopic (exact) mass is 462 g/mol. The summed E-state index contributed by atoms with van der Waals surface area (Å²) in [5.74, 6) is 3.76. The SMILES string of the molecule is CCNC(=NCCn1cnnc1CC)N(C)CC1CCC(C)CC1.I. The highest BCUT2D eigenvalue weighted by molar-refractivity contribution is 14.0. The summed E-state index contributed by atoms with van der Waals surface area (Å²) >= 11 is 0. The summed E-state index contributed by atoms with van der Waals surface area (Å²) in [7, 11) is 2.16. The first kappa shape index (κ1) is 22.2. The van der Waals surface area contributed by atoms with E-state index < -0.39 is 0 Å². The molecule has 0 aromatic carbocycles. The van der Waals surface area contributed by atoms with Crippen LogP contribution in [0.1, 0.15) is 52.3 Å². The molecule has 0 aliphatic heterocycles. The van der Waals surface area contributed by atoms with Crippen LogP contribution in [0.15, 0.2) is 11.3 Å². The number of hydrogen-bond donors (Lipinski definition) is 1. The zero-order valence-electron chi connectivity index (χ0n) is 16.2. The van der Waals surface area contributed by atoms with Crippen molar-refractivity contribution in [1.82, 2.24) is 25.0 Å². The van der Waals surface area contributed by atoms with Crippen molar-refractivity contribution in [2.45, 2.75) is 59.4 Å². The second-order valence-corrected chi connectivity index (χ2v) is 7.04. The van der Waals surface area contributed by atoms with Gasteiger partial charge in [0, 0.05) is 33.1 Å². The molecule has 0 radical (unpaired) electrons. The van der Waals surface area contributed by atoms with Gasteiger partial charge in [-0.05, 0) is 31.6 Å². The van der Waals surface area contributed by atoms with Crippen molar-refractivity contribution in [2.75, 3.05) is 26.7 Å². The molecule has 1 aromatic heterocycles. The lowest BCUT2D eigenvalue weighted by atomic mass is 9.83. The summed E-state index contributed by atoms with van der Waals surface area (Å²) in [5, 5.41) is 11.5. The fourth-order valence-corrected chi connectivity index (χ4v) is 3.46. The maximum Gasteiger partial charge on any atom is 0.193 e. The molecule has 7 heteroatoms. The number of halogens is 1. The molecule has 25 heavy (non-hydrogen) atoms. The molecule has 1 aliphatic carbocycles. The van der Waals surface area contributed by atoms with E-state index in [0.717, 1.165) is 56.2 Å². The van der Waals surface area contributed by atoms with Crippen LogP contribution in [-0.2, 0) is 13.0 Å². The van der Waals surface area contributed by atoms with Crippen molar-refractivity contribution in [3.8, 4) is 0 Å². The Hall–Kier alpha value is -0.860. The summed E-state index contributed by atoms with van der Waals surface area (Å²) in [4.78, 5) is 7.10. The number of guanidine groups is 1. The fraction of sp³-hybridized carbons (Fsp3) is 0.833. The average Bonchev–Trinajstić information content (AvgIpc) is 3.03. The first-order chi connectivity index (χ1) is 11.6. The molecular weight excluding hydrogens is 427 g/mol. The molecule has 1 aromatic rings. The second-order valence-electron chi connectivity index (χ2n) is 7.04. The van der Waals surface area contributed by atoms with E-state index in [2.05, 4.69) is 52.8 Å². The zero-order chi connectivity index (χ0) is 17.4. The highest BCUT2D eigenvalue weighted by Crippen LogP contribution is 2.28. The van der Waals surface area contributed by atoms with E-state index in [0.29, 0.717) is 0 Å². The van der Waals surface area contributed by atoms with Gasteiger partial charge in [-0.3, -0.25) is 4.99 Å². The van der Waals surface area contributed by atoms with Crippen LogP contribution in [0, 0.1) is 11.8 Å². The van der Waals surface area contributed by atoms with Gasteiger partial charge in [0.25, 0.3) is 0 Å². The number of aryl methyl sites for hydroxylation is 1. The summed E-state index contributed by atoms with van der Waals surface area (Å²) in [6.07, 6.45) is 8.16. The number of hydrogen-bond acceptors (Lipinski definition) is 3. The van der Waals surface area contributed by atoms with Gasteiger partial charge in [-0.15, -0.1) is 34.2 Å². The second kappa shape index (κ2) is 11.7. The Morgan fingerprint density at radius 2 is 2.04 bits per heavy atom. The lowest BCUT2D eigenvalue weighted by Crippen LogP contribution is -2.42. The van der Waals surface area contributed by atoms with Gasteiger partial charge in [0.1, 0.15) is 12.2 Å². The lowest BCUT2D eigenvalue weighted by molar-refractivity contribution is 0.250. The number of rotatable bonds is 7. The van der Waals surface area contributed by atoms with Gasteiger partial charge in [0.2, 0.25) is 0 Å². The van der Waals surface area contributed by atoms with E-state index in [9.17, 15) is 0 Å². The molecule has 1 saturated carbocycles. The normalized spacial score (nSPS) is 20.9. The molecule has 1 heterocycles. The predicted molar refractivity (Wildman–Crippen MR) is 115 cm³/mol. The minimum absolute atomic E-state index is 0. The summed E-state index contributed by atoms with van der Waals surface area (Å²) in [6, 6.07) is 0. The van der Waals surface area contributed by atoms with Gasteiger partial charge in [-0.25, -0.2) is 0 Å². The molecule has 0 atom stereocenters. The highest BCUT2D eigenvalue weighted by atomic mass is 127. The molecule has 1 aliphatic rings. The van der Waals surface area contributed by atoms with E-state index in [1.165, 1.54) is 25.7 Å². The molecule has 1 N–H and O–H groups in total. The van der Waals surface area contributed by atoms with E-state index in [4.69, 9.17) is 4.99 Å². The Kier molecular flexibility index (Phi) is 10.4. The fourth-order valence-electron chi connectivity index (χ4n) is 3.46. The van der Waals surface area contributed by atoms with Gasteiger partial charge in [0.05, 0.1) is 6.54 Å². The van der Waals surface area contributed by atoms with Gasteiger partial charge in [-0.1, -0.05) is 26.7 Å². The molecule has 0 unspecified atom stereocenters. The van der Waals surface area contributed by atoms with Crippen LogP contribution in [0.3, 0.4) is 0 Å². The molecule has 0 bridgehead atoms. The lowest BCUT2D eigenvalue weighted by Gasteiger charge is -2.31. The average molecular weight is 462 g/mol. The minimum Gasteiger partial charge on any atom is -0.357 e. The topological polar surface area (TPSA) is 58.3 Å². The molecule has 144 valence electrons. The molecule has 0 amide bonds. The summed E-state index contributed by atoms with van der Waals surface area (Å²) in [5.41, 5.74) is 0. The van der Waals surface area contributed by atoms with Crippen LogP contribution in [0.5, 0.6) is 0 Å².